The average Bonchev–Trinajstić information content (AvgIpc) is 3.30. The van der Waals surface area contributed by atoms with Crippen molar-refractivity contribution in [1.29, 1.82) is 0 Å². The van der Waals surface area contributed by atoms with Gasteiger partial charge in [-0.2, -0.15) is 4.31 Å². The zero-order chi connectivity index (χ0) is 25.3. The van der Waals surface area contributed by atoms with Crippen LogP contribution < -0.4 is 24.4 Å². The number of carbonyl (C=O) groups excluding carboxylic acids is 2. The van der Waals surface area contributed by atoms with E-state index in [-0.39, 0.29) is 35.4 Å². The van der Waals surface area contributed by atoms with Crippen molar-refractivity contribution in [3.63, 3.8) is 0 Å². The van der Waals surface area contributed by atoms with Crippen LogP contribution in [0.5, 0.6) is 17.2 Å². The highest BCUT2D eigenvalue weighted by atomic mass is 32.2. The Morgan fingerprint density at radius 3 is 2.53 bits per heavy atom. The molecule has 1 atom stereocenters. The molecule has 3 aliphatic heterocycles. The van der Waals surface area contributed by atoms with Crippen molar-refractivity contribution >= 4 is 33.2 Å². The summed E-state index contributed by atoms with van der Waals surface area (Å²) in [5.41, 5.74) is 0.973. The molecule has 2 amide bonds. The molecular weight excluding hydrogens is 486 g/mol. The lowest BCUT2D eigenvalue weighted by atomic mass is 10.1. The smallest absolute Gasteiger partial charge is 0.246 e. The molecule has 3 aliphatic rings. The fourth-order valence-electron chi connectivity index (χ4n) is 4.78. The Labute approximate surface area is 210 Å². The standard InChI is InChI=1S/C25H29N3O7S/c1-33-21-7-5-18(14-23(21)36(31,32)27-9-3-2-4-10-27)26-25(30)17-13-24(29)28(16-17)19-6-8-20-22(15-19)35-12-11-34-20/h5-8,14-15,17H,2-4,9-13,16H2,1H3,(H,26,30)/t17-/m1/s1. The van der Waals surface area contributed by atoms with E-state index in [0.717, 1.165) is 19.3 Å². The van der Waals surface area contributed by atoms with Crippen LogP contribution in [0.25, 0.3) is 0 Å². The number of benzene rings is 2. The van der Waals surface area contributed by atoms with Gasteiger partial charge in [0.15, 0.2) is 11.5 Å². The summed E-state index contributed by atoms with van der Waals surface area (Å²) in [5, 5.41) is 2.79. The second-order valence-electron chi connectivity index (χ2n) is 9.05. The molecule has 5 rings (SSSR count). The first kappa shape index (κ1) is 24.4. The van der Waals surface area contributed by atoms with Crippen molar-refractivity contribution in [2.75, 3.05) is 50.2 Å². The van der Waals surface area contributed by atoms with Crippen molar-refractivity contribution in [3.05, 3.63) is 36.4 Å². The Morgan fingerprint density at radius 2 is 1.78 bits per heavy atom. The second kappa shape index (κ2) is 9.98. The van der Waals surface area contributed by atoms with Gasteiger partial charge in [0.25, 0.3) is 0 Å². The first-order valence-corrected chi connectivity index (χ1v) is 13.5. The first-order chi connectivity index (χ1) is 17.4. The van der Waals surface area contributed by atoms with Gasteiger partial charge in [-0.15, -0.1) is 0 Å². The minimum absolute atomic E-state index is 0.0186. The maximum atomic E-state index is 13.3. The fraction of sp³-hybridized carbons (Fsp3) is 0.440. The molecule has 10 nitrogen and oxygen atoms in total. The number of sulfonamides is 1. The van der Waals surface area contributed by atoms with E-state index in [4.69, 9.17) is 14.2 Å². The number of hydrogen-bond acceptors (Lipinski definition) is 7. The Kier molecular flexibility index (Phi) is 6.76. The van der Waals surface area contributed by atoms with Crippen LogP contribution in [0.3, 0.4) is 0 Å². The molecule has 0 saturated carbocycles. The number of methoxy groups -OCH3 is 1. The van der Waals surface area contributed by atoms with Gasteiger partial charge in [-0.25, -0.2) is 8.42 Å². The molecule has 2 saturated heterocycles. The van der Waals surface area contributed by atoms with Crippen molar-refractivity contribution in [2.45, 2.75) is 30.6 Å². The number of nitrogens with zero attached hydrogens (tertiary/aromatic N) is 2. The van der Waals surface area contributed by atoms with Gasteiger partial charge in [-0.1, -0.05) is 6.42 Å². The third-order valence-electron chi connectivity index (χ3n) is 6.70. The first-order valence-electron chi connectivity index (χ1n) is 12.1. The summed E-state index contributed by atoms with van der Waals surface area (Å²) in [5.74, 6) is 0.306. The molecule has 1 N–H and O–H groups in total. The molecule has 2 aromatic carbocycles. The number of anilines is 2. The number of ether oxygens (including phenoxy) is 3. The SMILES string of the molecule is COc1ccc(NC(=O)[C@@H]2CC(=O)N(c3ccc4c(c3)OCCO4)C2)cc1S(=O)(=O)N1CCCCC1. The van der Waals surface area contributed by atoms with E-state index in [1.54, 1.807) is 29.2 Å². The van der Waals surface area contributed by atoms with Crippen molar-refractivity contribution in [1.82, 2.24) is 4.31 Å². The molecule has 192 valence electrons. The summed E-state index contributed by atoms with van der Waals surface area (Å²) in [6.07, 6.45) is 2.68. The van der Waals surface area contributed by atoms with Gasteiger partial charge in [-0.3, -0.25) is 9.59 Å². The normalized spacial score (nSPS) is 20.3. The molecule has 36 heavy (non-hydrogen) atoms. The monoisotopic (exact) mass is 515 g/mol. The second-order valence-corrected chi connectivity index (χ2v) is 11.0. The number of nitrogens with one attached hydrogen (secondary N) is 1. The van der Waals surface area contributed by atoms with Gasteiger partial charge in [0.2, 0.25) is 21.8 Å². The molecule has 2 aromatic rings. The van der Waals surface area contributed by atoms with Gasteiger partial charge >= 0.3 is 0 Å². The van der Waals surface area contributed by atoms with Gasteiger partial charge < -0.3 is 24.4 Å². The van der Waals surface area contributed by atoms with Gasteiger partial charge in [-0.05, 0) is 43.2 Å². The van der Waals surface area contributed by atoms with Crippen molar-refractivity contribution < 1.29 is 32.2 Å². The topological polar surface area (TPSA) is 114 Å². The average molecular weight is 516 g/mol. The highest BCUT2D eigenvalue weighted by Crippen LogP contribution is 2.36. The Hall–Kier alpha value is -3.31. The van der Waals surface area contributed by atoms with E-state index in [1.165, 1.54) is 23.5 Å². The number of piperidine rings is 1. The summed E-state index contributed by atoms with van der Waals surface area (Å²) in [7, 11) is -2.35. The maximum Gasteiger partial charge on any atom is 0.246 e. The Balaban J connectivity index is 1.31. The van der Waals surface area contributed by atoms with Crippen LogP contribution in [-0.4, -0.2) is 64.5 Å². The molecule has 0 radical (unpaired) electrons. The van der Waals surface area contributed by atoms with E-state index >= 15 is 0 Å². The summed E-state index contributed by atoms with van der Waals surface area (Å²) in [4.78, 5) is 27.4. The summed E-state index contributed by atoms with van der Waals surface area (Å²) < 4.78 is 44.5. The van der Waals surface area contributed by atoms with Crippen LogP contribution in [0.15, 0.2) is 41.3 Å². The number of hydrogen-bond donors (Lipinski definition) is 1. The third-order valence-corrected chi connectivity index (χ3v) is 8.62. The summed E-state index contributed by atoms with van der Waals surface area (Å²) in [6.45, 7) is 2.04. The minimum Gasteiger partial charge on any atom is -0.495 e. The Bertz CT molecular complexity index is 1270. The largest absolute Gasteiger partial charge is 0.495 e. The molecule has 0 bridgehead atoms. The van der Waals surface area contributed by atoms with E-state index in [0.29, 0.717) is 49.2 Å². The molecule has 0 aliphatic carbocycles. The number of rotatable bonds is 6. The Morgan fingerprint density at radius 1 is 1.03 bits per heavy atom. The van der Waals surface area contributed by atoms with Gasteiger partial charge in [0.1, 0.15) is 23.9 Å². The highest BCUT2D eigenvalue weighted by molar-refractivity contribution is 7.89. The van der Waals surface area contributed by atoms with Crippen LogP contribution >= 0.6 is 0 Å². The number of fused-ring (bicyclic) bond motifs is 1. The lowest BCUT2D eigenvalue weighted by Gasteiger charge is -2.26. The van der Waals surface area contributed by atoms with E-state index in [2.05, 4.69) is 5.32 Å². The van der Waals surface area contributed by atoms with Gasteiger partial charge in [0, 0.05) is 43.5 Å². The summed E-state index contributed by atoms with van der Waals surface area (Å²) >= 11 is 0. The van der Waals surface area contributed by atoms with Gasteiger partial charge in [0.05, 0.1) is 13.0 Å². The lowest BCUT2D eigenvalue weighted by Crippen LogP contribution is -2.35. The number of amides is 2. The highest BCUT2D eigenvalue weighted by Gasteiger charge is 2.36. The zero-order valence-corrected chi connectivity index (χ0v) is 20.9. The van der Waals surface area contributed by atoms with Crippen LogP contribution in [0.1, 0.15) is 25.7 Å². The van der Waals surface area contributed by atoms with Crippen LogP contribution in [-0.2, 0) is 19.6 Å². The van der Waals surface area contributed by atoms with E-state index in [9.17, 15) is 18.0 Å². The maximum absolute atomic E-state index is 13.3. The molecule has 0 aromatic heterocycles. The van der Waals surface area contributed by atoms with Crippen molar-refractivity contribution in [3.8, 4) is 17.2 Å². The molecule has 0 unspecified atom stereocenters. The molecular formula is C25H29N3O7S. The molecule has 11 heteroatoms. The molecule has 3 heterocycles. The van der Waals surface area contributed by atoms with E-state index < -0.39 is 15.9 Å². The summed E-state index contributed by atoms with van der Waals surface area (Å²) in [6, 6.07) is 9.83. The van der Waals surface area contributed by atoms with Crippen molar-refractivity contribution in [2.24, 2.45) is 5.92 Å². The fourth-order valence-corrected chi connectivity index (χ4v) is 6.48. The quantitative estimate of drug-likeness (QED) is 0.629. The molecule has 2 fully saturated rings. The predicted octanol–water partition coefficient (Wildman–Crippen LogP) is 2.63. The van der Waals surface area contributed by atoms with E-state index in [1.807, 2.05) is 0 Å². The lowest BCUT2D eigenvalue weighted by molar-refractivity contribution is -0.122. The zero-order valence-electron chi connectivity index (χ0n) is 20.1. The van der Waals surface area contributed by atoms with Crippen LogP contribution in [0, 0.1) is 5.92 Å². The third kappa shape index (κ3) is 4.72. The predicted molar refractivity (Wildman–Crippen MR) is 132 cm³/mol. The molecule has 0 spiro atoms. The van der Waals surface area contributed by atoms with Crippen LogP contribution in [0.2, 0.25) is 0 Å². The minimum atomic E-state index is -3.77. The van der Waals surface area contributed by atoms with Crippen LogP contribution in [0.4, 0.5) is 11.4 Å². The number of carbonyl (C=O) groups is 2.